The van der Waals surface area contributed by atoms with E-state index in [0.717, 1.165) is 15.7 Å². The Morgan fingerprint density at radius 1 is 1.43 bits per heavy atom. The quantitative estimate of drug-likeness (QED) is 0.686. The molecule has 1 unspecified atom stereocenters. The van der Waals surface area contributed by atoms with Gasteiger partial charge in [0.1, 0.15) is 4.34 Å². The molecular formula is C17H18BrClN4O3S2. The number of urea groups is 1. The van der Waals surface area contributed by atoms with Crippen molar-refractivity contribution in [3.8, 4) is 0 Å². The number of carbonyl (C=O) groups excluding carboxylic acids is 1. The second-order valence-corrected chi connectivity index (χ2v) is 11.7. The molecule has 150 valence electrons. The molecule has 11 heteroatoms. The molecule has 1 aromatic carbocycles. The van der Waals surface area contributed by atoms with Gasteiger partial charge in [-0.1, -0.05) is 38.9 Å². The summed E-state index contributed by atoms with van der Waals surface area (Å²) in [5.41, 5.74) is 1.36. The lowest BCUT2D eigenvalue weighted by Crippen LogP contribution is -2.41. The smallest absolute Gasteiger partial charge is 0.293 e. The first-order valence-electron chi connectivity index (χ1n) is 8.72. The van der Waals surface area contributed by atoms with Crippen LogP contribution < -0.4 is 10.2 Å². The lowest BCUT2D eigenvalue weighted by atomic mass is 9.82. The lowest BCUT2D eigenvalue weighted by molar-refractivity contribution is 0.256. The summed E-state index contributed by atoms with van der Waals surface area (Å²) < 4.78 is 27.7. The Balaban J connectivity index is 1.66. The summed E-state index contributed by atoms with van der Waals surface area (Å²) in [6, 6.07) is 5.46. The van der Waals surface area contributed by atoms with Crippen LogP contribution in [-0.4, -0.2) is 49.1 Å². The van der Waals surface area contributed by atoms with Crippen LogP contribution >= 0.6 is 38.9 Å². The Bertz CT molecular complexity index is 1040. The van der Waals surface area contributed by atoms with Gasteiger partial charge in [-0.25, -0.2) is 22.5 Å². The number of fused-ring (bicyclic) bond motifs is 2. The van der Waals surface area contributed by atoms with Crippen LogP contribution in [0.3, 0.4) is 0 Å². The number of carbonyl (C=O) groups is 1. The molecule has 1 spiro atoms. The number of halogens is 2. The zero-order valence-electron chi connectivity index (χ0n) is 15.0. The number of hydrogen-bond donors (Lipinski definition) is 1. The van der Waals surface area contributed by atoms with Crippen molar-refractivity contribution in [1.82, 2.24) is 9.29 Å². The number of rotatable bonds is 3. The number of hydrogen-bond acceptors (Lipinski definition) is 5. The maximum atomic E-state index is 12.9. The zero-order valence-corrected chi connectivity index (χ0v) is 19.0. The normalized spacial score (nSPS) is 22.0. The van der Waals surface area contributed by atoms with Crippen molar-refractivity contribution in [2.45, 2.75) is 18.8 Å². The standard InChI is InChI=1S/C17H18BrClN4O3S2/c1-2-28(25,26)22-6-5-17(9-22)10-23(13-4-3-11(18)7-12(13)17)16(24)21-15-20-8-14(19)27-15/h3-4,7-8H,2,5-6,9-10H2,1H3,(H,20,21,24). The Morgan fingerprint density at radius 3 is 2.89 bits per heavy atom. The fourth-order valence-corrected chi connectivity index (χ4v) is 6.24. The van der Waals surface area contributed by atoms with Gasteiger partial charge < -0.3 is 0 Å². The van der Waals surface area contributed by atoms with Crippen LogP contribution in [0.2, 0.25) is 4.34 Å². The lowest BCUT2D eigenvalue weighted by Gasteiger charge is -2.25. The highest BCUT2D eigenvalue weighted by molar-refractivity contribution is 9.10. The van der Waals surface area contributed by atoms with E-state index in [1.807, 2.05) is 18.2 Å². The van der Waals surface area contributed by atoms with E-state index in [4.69, 9.17) is 11.6 Å². The number of sulfonamides is 1. The Labute approximate surface area is 180 Å². The van der Waals surface area contributed by atoms with Crippen LogP contribution in [0.4, 0.5) is 15.6 Å². The molecule has 1 saturated heterocycles. The third-order valence-electron chi connectivity index (χ3n) is 5.29. The van der Waals surface area contributed by atoms with Crippen molar-refractivity contribution in [3.63, 3.8) is 0 Å². The van der Waals surface area contributed by atoms with Crippen molar-refractivity contribution in [2.24, 2.45) is 0 Å². The number of benzene rings is 1. The molecule has 1 N–H and O–H groups in total. The molecule has 7 nitrogen and oxygen atoms in total. The minimum absolute atomic E-state index is 0.0728. The molecule has 0 radical (unpaired) electrons. The number of nitrogens with zero attached hydrogens (tertiary/aromatic N) is 3. The number of aromatic nitrogens is 1. The maximum Gasteiger partial charge on any atom is 0.328 e. The fraction of sp³-hybridized carbons (Fsp3) is 0.412. The van der Waals surface area contributed by atoms with E-state index in [1.165, 1.54) is 17.5 Å². The van der Waals surface area contributed by atoms with Gasteiger partial charge in [0, 0.05) is 35.2 Å². The Hall–Kier alpha value is -1.20. The summed E-state index contributed by atoms with van der Waals surface area (Å²) >= 11 is 10.6. The summed E-state index contributed by atoms with van der Waals surface area (Å²) in [4.78, 5) is 18.7. The molecule has 2 aromatic rings. The van der Waals surface area contributed by atoms with Crippen molar-refractivity contribution in [2.75, 3.05) is 35.6 Å². The highest BCUT2D eigenvalue weighted by atomic mass is 79.9. The zero-order chi connectivity index (χ0) is 20.1. The molecule has 3 heterocycles. The van der Waals surface area contributed by atoms with E-state index in [9.17, 15) is 13.2 Å². The molecule has 0 saturated carbocycles. The molecule has 1 fully saturated rings. The highest BCUT2D eigenvalue weighted by Crippen LogP contribution is 2.48. The first kappa shape index (κ1) is 20.1. The minimum Gasteiger partial charge on any atom is -0.293 e. The molecular weight excluding hydrogens is 488 g/mol. The third-order valence-corrected chi connectivity index (χ3v) is 8.65. The second-order valence-electron chi connectivity index (χ2n) is 6.91. The predicted molar refractivity (Wildman–Crippen MR) is 115 cm³/mol. The number of nitrogens with one attached hydrogen (secondary N) is 1. The van der Waals surface area contributed by atoms with Crippen molar-refractivity contribution in [1.29, 1.82) is 0 Å². The molecule has 2 amide bonds. The van der Waals surface area contributed by atoms with Gasteiger partial charge in [0.2, 0.25) is 10.0 Å². The first-order chi connectivity index (χ1) is 13.2. The van der Waals surface area contributed by atoms with E-state index in [-0.39, 0.29) is 11.8 Å². The largest absolute Gasteiger partial charge is 0.328 e. The van der Waals surface area contributed by atoms with E-state index in [1.54, 1.807) is 16.1 Å². The van der Waals surface area contributed by atoms with Crippen molar-refractivity contribution < 1.29 is 13.2 Å². The SMILES string of the molecule is CCS(=O)(=O)N1CCC2(CN(C(=O)Nc3ncc(Cl)s3)c3ccc(Br)cc32)C1. The van der Waals surface area contributed by atoms with E-state index >= 15 is 0 Å². The van der Waals surface area contributed by atoms with Crippen LogP contribution in [0.15, 0.2) is 28.9 Å². The van der Waals surface area contributed by atoms with Crippen LogP contribution in [0.25, 0.3) is 0 Å². The van der Waals surface area contributed by atoms with Crippen LogP contribution in [-0.2, 0) is 15.4 Å². The summed E-state index contributed by atoms with van der Waals surface area (Å²) in [6.07, 6.45) is 2.16. The number of amides is 2. The molecule has 1 aromatic heterocycles. The number of anilines is 2. The third kappa shape index (κ3) is 3.45. The van der Waals surface area contributed by atoms with Crippen molar-refractivity contribution in [3.05, 3.63) is 38.8 Å². The van der Waals surface area contributed by atoms with Gasteiger partial charge in [0.05, 0.1) is 11.9 Å². The van der Waals surface area contributed by atoms with Gasteiger partial charge in [-0.05, 0) is 37.1 Å². The summed E-state index contributed by atoms with van der Waals surface area (Å²) in [6.45, 7) is 2.90. The van der Waals surface area contributed by atoms with Crippen LogP contribution in [0, 0.1) is 0 Å². The molecule has 4 rings (SSSR count). The average Bonchev–Trinajstić information content (AvgIpc) is 3.35. The van der Waals surface area contributed by atoms with Gasteiger partial charge in [0.15, 0.2) is 5.13 Å². The van der Waals surface area contributed by atoms with Gasteiger partial charge in [-0.3, -0.25) is 10.2 Å². The molecule has 0 bridgehead atoms. The Kier molecular flexibility index (Phi) is 5.20. The van der Waals surface area contributed by atoms with E-state index < -0.39 is 15.4 Å². The predicted octanol–water partition coefficient (Wildman–Crippen LogP) is 3.90. The first-order valence-corrected chi connectivity index (χ1v) is 12.3. The second kappa shape index (κ2) is 7.24. The Morgan fingerprint density at radius 2 is 2.21 bits per heavy atom. The van der Waals surface area contributed by atoms with Gasteiger partial charge >= 0.3 is 6.03 Å². The monoisotopic (exact) mass is 504 g/mol. The topological polar surface area (TPSA) is 82.6 Å². The highest BCUT2D eigenvalue weighted by Gasteiger charge is 2.50. The molecule has 2 aliphatic heterocycles. The minimum atomic E-state index is -3.28. The van der Waals surface area contributed by atoms with Crippen molar-refractivity contribution >= 4 is 65.7 Å². The molecule has 0 aliphatic carbocycles. The van der Waals surface area contributed by atoms with Crippen LogP contribution in [0.1, 0.15) is 18.9 Å². The number of thiazole rings is 1. The average molecular weight is 506 g/mol. The van der Waals surface area contributed by atoms with E-state index in [2.05, 4.69) is 26.2 Å². The fourth-order valence-electron chi connectivity index (χ4n) is 3.90. The van der Waals surface area contributed by atoms with Gasteiger partial charge in [-0.15, -0.1) is 0 Å². The maximum absolute atomic E-state index is 12.9. The summed E-state index contributed by atoms with van der Waals surface area (Å²) in [5, 5.41) is 3.21. The van der Waals surface area contributed by atoms with Gasteiger partial charge in [-0.2, -0.15) is 0 Å². The molecule has 28 heavy (non-hydrogen) atoms. The summed E-state index contributed by atoms with van der Waals surface area (Å²) in [7, 11) is -3.28. The summed E-state index contributed by atoms with van der Waals surface area (Å²) in [5.74, 6) is 0.0728. The van der Waals surface area contributed by atoms with Gasteiger partial charge in [0.25, 0.3) is 0 Å². The molecule has 1 atom stereocenters. The van der Waals surface area contributed by atoms with E-state index in [0.29, 0.717) is 35.5 Å². The van der Waals surface area contributed by atoms with Crippen LogP contribution in [0.5, 0.6) is 0 Å². The molecule has 2 aliphatic rings.